The molecule has 7 heteroatoms. The molecule has 1 heterocycles. The Morgan fingerprint density at radius 3 is 2.43 bits per heavy atom. The Kier molecular flexibility index (Phi) is 6.02. The standard InChI is InChI=1S/C16H28N2O5/c1-6-11(2)9-12(19)18-8-7-16(10-18,13(20)21)17-14(22)23-15(3,4)5/h11H,6-10H2,1-5H3,(H,17,22)(H,20,21). The molecule has 1 fully saturated rings. The normalized spacial score (nSPS) is 22.6. The molecule has 0 radical (unpaired) electrons. The van der Waals surface area contributed by atoms with Crippen LogP contribution in [0.4, 0.5) is 4.79 Å². The number of nitrogens with zero attached hydrogens (tertiary/aromatic N) is 1. The van der Waals surface area contributed by atoms with Gasteiger partial charge < -0.3 is 20.1 Å². The minimum absolute atomic E-state index is 0.0309. The van der Waals surface area contributed by atoms with Crippen molar-refractivity contribution in [1.82, 2.24) is 10.2 Å². The molecule has 0 aromatic carbocycles. The lowest BCUT2D eigenvalue weighted by Crippen LogP contribution is -2.57. The second-order valence-corrected chi connectivity index (χ2v) is 7.30. The van der Waals surface area contributed by atoms with Gasteiger partial charge in [-0.15, -0.1) is 0 Å². The lowest BCUT2D eigenvalue weighted by molar-refractivity contribution is -0.144. The highest BCUT2D eigenvalue weighted by molar-refractivity contribution is 5.87. The van der Waals surface area contributed by atoms with Gasteiger partial charge in [-0.2, -0.15) is 0 Å². The molecule has 0 aromatic heterocycles. The summed E-state index contributed by atoms with van der Waals surface area (Å²) in [5.74, 6) is -0.975. The van der Waals surface area contributed by atoms with Gasteiger partial charge in [-0.3, -0.25) is 4.79 Å². The van der Waals surface area contributed by atoms with Crippen molar-refractivity contribution in [2.24, 2.45) is 5.92 Å². The van der Waals surface area contributed by atoms with Crippen molar-refractivity contribution < 1.29 is 24.2 Å². The maximum atomic E-state index is 12.2. The summed E-state index contributed by atoms with van der Waals surface area (Å²) in [4.78, 5) is 37.3. The van der Waals surface area contributed by atoms with Crippen LogP contribution in [0.2, 0.25) is 0 Å². The van der Waals surface area contributed by atoms with Crippen LogP contribution in [-0.2, 0) is 14.3 Å². The van der Waals surface area contributed by atoms with Crippen molar-refractivity contribution in [2.45, 2.75) is 65.0 Å². The molecule has 0 aromatic rings. The predicted molar refractivity (Wildman–Crippen MR) is 85.0 cm³/mol. The van der Waals surface area contributed by atoms with Gasteiger partial charge in [-0.1, -0.05) is 20.3 Å². The van der Waals surface area contributed by atoms with E-state index in [0.29, 0.717) is 13.0 Å². The largest absolute Gasteiger partial charge is 0.479 e. The summed E-state index contributed by atoms with van der Waals surface area (Å²) in [6, 6.07) is 0. The number of rotatable bonds is 5. The summed E-state index contributed by atoms with van der Waals surface area (Å²) in [5.41, 5.74) is -2.19. The monoisotopic (exact) mass is 328 g/mol. The third-order valence-corrected chi connectivity index (χ3v) is 3.99. The molecule has 0 bridgehead atoms. The number of nitrogens with one attached hydrogen (secondary N) is 1. The number of amides is 2. The molecule has 1 aliphatic heterocycles. The van der Waals surface area contributed by atoms with Crippen molar-refractivity contribution in [2.75, 3.05) is 13.1 Å². The van der Waals surface area contributed by atoms with E-state index in [4.69, 9.17) is 4.74 Å². The Morgan fingerprint density at radius 2 is 1.96 bits per heavy atom. The van der Waals surface area contributed by atoms with E-state index < -0.39 is 23.2 Å². The SMILES string of the molecule is CCC(C)CC(=O)N1CCC(NC(=O)OC(C)(C)C)(C(=O)O)C1. The van der Waals surface area contributed by atoms with Gasteiger partial charge in [-0.25, -0.2) is 9.59 Å². The molecule has 0 aliphatic carbocycles. The number of carbonyl (C=O) groups excluding carboxylic acids is 2. The fourth-order valence-electron chi connectivity index (χ4n) is 2.42. The fourth-order valence-corrected chi connectivity index (χ4v) is 2.42. The molecule has 1 rings (SSSR count). The molecular formula is C16H28N2O5. The highest BCUT2D eigenvalue weighted by Crippen LogP contribution is 2.24. The quantitative estimate of drug-likeness (QED) is 0.805. The number of hydrogen-bond donors (Lipinski definition) is 2. The highest BCUT2D eigenvalue weighted by Gasteiger charge is 2.48. The molecule has 2 unspecified atom stereocenters. The molecule has 132 valence electrons. The van der Waals surface area contributed by atoms with Crippen LogP contribution in [0.25, 0.3) is 0 Å². The number of carboxylic acids is 1. The molecule has 2 amide bonds. The first-order chi connectivity index (χ1) is 10.5. The molecule has 0 saturated carbocycles. The fraction of sp³-hybridized carbons (Fsp3) is 0.812. The third-order valence-electron chi connectivity index (χ3n) is 3.99. The van der Waals surface area contributed by atoms with Crippen molar-refractivity contribution in [3.8, 4) is 0 Å². The van der Waals surface area contributed by atoms with Gasteiger partial charge in [0.15, 0.2) is 5.54 Å². The van der Waals surface area contributed by atoms with E-state index in [1.54, 1.807) is 20.8 Å². The zero-order chi connectivity index (χ0) is 17.8. The molecule has 2 atom stereocenters. The lowest BCUT2D eigenvalue weighted by atomic mass is 9.99. The Labute approximate surface area is 137 Å². The van der Waals surface area contributed by atoms with Crippen LogP contribution in [0.15, 0.2) is 0 Å². The van der Waals surface area contributed by atoms with Crippen LogP contribution in [0, 0.1) is 5.92 Å². The van der Waals surface area contributed by atoms with E-state index in [-0.39, 0.29) is 24.8 Å². The summed E-state index contributed by atoms with van der Waals surface area (Å²) in [5, 5.41) is 12.0. The average molecular weight is 328 g/mol. The molecule has 7 nitrogen and oxygen atoms in total. The number of carboxylic acid groups (broad SMARTS) is 1. The Bertz CT molecular complexity index is 472. The van der Waals surface area contributed by atoms with Crippen molar-refractivity contribution in [1.29, 1.82) is 0 Å². The van der Waals surface area contributed by atoms with E-state index in [1.807, 2.05) is 13.8 Å². The molecule has 2 N–H and O–H groups in total. The maximum absolute atomic E-state index is 12.2. The molecular weight excluding hydrogens is 300 g/mol. The highest BCUT2D eigenvalue weighted by atomic mass is 16.6. The number of alkyl carbamates (subject to hydrolysis) is 1. The van der Waals surface area contributed by atoms with E-state index in [9.17, 15) is 19.5 Å². The van der Waals surface area contributed by atoms with Crippen molar-refractivity contribution in [3.05, 3.63) is 0 Å². The zero-order valence-corrected chi connectivity index (χ0v) is 14.6. The van der Waals surface area contributed by atoms with Crippen LogP contribution in [0.5, 0.6) is 0 Å². The van der Waals surface area contributed by atoms with Gasteiger partial charge in [0.1, 0.15) is 5.60 Å². The topological polar surface area (TPSA) is 95.9 Å². The number of aliphatic carboxylic acids is 1. The van der Waals surface area contributed by atoms with E-state index in [2.05, 4.69) is 5.32 Å². The second kappa shape index (κ2) is 7.19. The predicted octanol–water partition coefficient (Wildman–Crippen LogP) is 2.00. The number of ether oxygens (including phenoxy) is 1. The van der Waals surface area contributed by atoms with Crippen molar-refractivity contribution in [3.63, 3.8) is 0 Å². The summed E-state index contributed by atoms with van der Waals surface area (Å²) in [6.07, 6.45) is 0.669. The van der Waals surface area contributed by atoms with Crippen LogP contribution in [-0.4, -0.2) is 52.2 Å². The van der Waals surface area contributed by atoms with Crippen LogP contribution in [0.1, 0.15) is 53.9 Å². The van der Waals surface area contributed by atoms with Crippen molar-refractivity contribution >= 4 is 18.0 Å². The van der Waals surface area contributed by atoms with E-state index in [0.717, 1.165) is 6.42 Å². The third kappa shape index (κ3) is 5.41. The molecule has 0 spiro atoms. The van der Waals surface area contributed by atoms with Gasteiger partial charge in [0.25, 0.3) is 0 Å². The molecule has 23 heavy (non-hydrogen) atoms. The molecule has 1 aliphatic rings. The summed E-state index contributed by atoms with van der Waals surface area (Å²) in [6.45, 7) is 9.39. The van der Waals surface area contributed by atoms with Crippen LogP contribution in [0.3, 0.4) is 0 Å². The molecule has 1 saturated heterocycles. The lowest BCUT2D eigenvalue weighted by Gasteiger charge is -2.28. The Balaban J connectivity index is 2.75. The van der Waals surface area contributed by atoms with Crippen LogP contribution < -0.4 is 5.32 Å². The maximum Gasteiger partial charge on any atom is 0.408 e. The average Bonchev–Trinajstić information content (AvgIpc) is 2.81. The first kappa shape index (κ1) is 19.3. The Morgan fingerprint density at radius 1 is 1.35 bits per heavy atom. The first-order valence-corrected chi connectivity index (χ1v) is 8.01. The minimum Gasteiger partial charge on any atom is -0.479 e. The van der Waals surface area contributed by atoms with E-state index >= 15 is 0 Å². The van der Waals surface area contributed by atoms with Crippen LogP contribution >= 0.6 is 0 Å². The van der Waals surface area contributed by atoms with Gasteiger partial charge in [0.2, 0.25) is 5.91 Å². The smallest absolute Gasteiger partial charge is 0.408 e. The summed E-state index contributed by atoms with van der Waals surface area (Å²) in [7, 11) is 0. The van der Waals surface area contributed by atoms with E-state index in [1.165, 1.54) is 4.90 Å². The summed E-state index contributed by atoms with van der Waals surface area (Å²) >= 11 is 0. The van der Waals surface area contributed by atoms with Gasteiger partial charge >= 0.3 is 12.1 Å². The van der Waals surface area contributed by atoms with Gasteiger partial charge in [0.05, 0.1) is 6.54 Å². The van der Waals surface area contributed by atoms with Gasteiger partial charge in [0, 0.05) is 19.4 Å². The summed E-state index contributed by atoms with van der Waals surface area (Å²) < 4.78 is 5.14. The zero-order valence-electron chi connectivity index (χ0n) is 14.6. The number of carbonyl (C=O) groups is 3. The Hall–Kier alpha value is -1.79. The number of likely N-dealkylation sites (tertiary alicyclic amines) is 1. The minimum atomic E-state index is -1.48. The first-order valence-electron chi connectivity index (χ1n) is 8.01. The van der Waals surface area contributed by atoms with Gasteiger partial charge in [-0.05, 0) is 26.7 Å². The second-order valence-electron chi connectivity index (χ2n) is 7.30. The number of hydrogen-bond acceptors (Lipinski definition) is 4.